The Morgan fingerprint density at radius 1 is 1.35 bits per heavy atom. The number of carboxylic acids is 1. The molecule has 0 aliphatic rings. The zero-order chi connectivity index (χ0) is 14.5. The number of hydrogen-bond donors (Lipinski definition) is 3. The van der Waals surface area contributed by atoms with E-state index < -0.39 is 12.1 Å². The fourth-order valence-electron chi connectivity index (χ4n) is 1.59. The molecular weight excluding hydrogens is 262 g/mol. The number of aromatic amines is 1. The molecule has 2 rings (SSSR count). The van der Waals surface area contributed by atoms with Crippen molar-refractivity contribution in [2.45, 2.75) is 13.5 Å². The van der Waals surface area contributed by atoms with Crippen LogP contribution in [0, 0.1) is 6.92 Å². The van der Waals surface area contributed by atoms with Crippen LogP contribution in [0.15, 0.2) is 30.3 Å². The largest absolute Gasteiger partial charge is 0.476 e. The highest BCUT2D eigenvalue weighted by atomic mass is 16.5. The summed E-state index contributed by atoms with van der Waals surface area (Å²) in [5.41, 5.74) is 0.651. The van der Waals surface area contributed by atoms with E-state index in [0.717, 1.165) is 5.56 Å². The molecule has 0 unspecified atom stereocenters. The highest BCUT2D eigenvalue weighted by Gasteiger charge is 2.17. The Labute approximate surface area is 114 Å². The quantitative estimate of drug-likeness (QED) is 0.793. The molecule has 0 aliphatic heterocycles. The lowest BCUT2D eigenvalue weighted by molar-refractivity contribution is 0.0692. The van der Waals surface area contributed by atoms with E-state index >= 15 is 0 Å². The van der Waals surface area contributed by atoms with E-state index in [0.29, 0.717) is 5.82 Å². The first-order chi connectivity index (χ1) is 9.56. The summed E-state index contributed by atoms with van der Waals surface area (Å²) in [4.78, 5) is 28.9. The zero-order valence-electron chi connectivity index (χ0n) is 10.7. The van der Waals surface area contributed by atoms with Crippen LogP contribution in [0.1, 0.15) is 21.9 Å². The lowest BCUT2D eigenvalue weighted by atomic mass is 10.2. The van der Waals surface area contributed by atoms with Crippen LogP contribution >= 0.6 is 0 Å². The molecular formula is C13H13N3O4. The molecule has 0 atom stereocenters. The highest BCUT2D eigenvalue weighted by molar-refractivity contribution is 5.95. The highest BCUT2D eigenvalue weighted by Crippen LogP contribution is 2.12. The first-order valence-corrected chi connectivity index (χ1v) is 5.84. The van der Waals surface area contributed by atoms with Gasteiger partial charge in [0.05, 0.1) is 0 Å². The number of anilines is 1. The van der Waals surface area contributed by atoms with Crippen molar-refractivity contribution in [3.63, 3.8) is 0 Å². The Hall–Kier alpha value is -2.83. The molecule has 7 heteroatoms. The summed E-state index contributed by atoms with van der Waals surface area (Å²) in [6, 6.07) is 9.14. The molecule has 0 aliphatic carbocycles. The number of imidazole rings is 1. The minimum atomic E-state index is -1.20. The van der Waals surface area contributed by atoms with Gasteiger partial charge in [0.25, 0.3) is 0 Å². The molecule has 0 radical (unpaired) electrons. The molecule has 1 aromatic carbocycles. The Morgan fingerprint density at radius 2 is 2.05 bits per heavy atom. The van der Waals surface area contributed by atoms with Crippen molar-refractivity contribution in [3.05, 3.63) is 47.4 Å². The maximum Gasteiger partial charge on any atom is 0.413 e. The number of ether oxygens (including phenoxy) is 1. The molecule has 1 heterocycles. The average molecular weight is 275 g/mol. The normalized spacial score (nSPS) is 10.1. The molecule has 0 spiro atoms. The molecule has 0 fully saturated rings. The van der Waals surface area contributed by atoms with Gasteiger partial charge in [0.2, 0.25) is 0 Å². The first kappa shape index (κ1) is 13.6. The number of carbonyl (C=O) groups is 2. The fourth-order valence-corrected chi connectivity index (χ4v) is 1.59. The lowest BCUT2D eigenvalue weighted by Gasteiger charge is -2.05. The minimum Gasteiger partial charge on any atom is -0.476 e. The number of carbonyl (C=O) groups excluding carboxylic acids is 1. The van der Waals surface area contributed by atoms with E-state index in [1.165, 1.54) is 0 Å². The van der Waals surface area contributed by atoms with E-state index in [9.17, 15) is 9.59 Å². The lowest BCUT2D eigenvalue weighted by Crippen LogP contribution is -2.16. The number of nitrogens with one attached hydrogen (secondary N) is 2. The molecule has 2 aromatic rings. The summed E-state index contributed by atoms with van der Waals surface area (Å²) in [7, 11) is 0. The number of amides is 1. The van der Waals surface area contributed by atoms with Gasteiger partial charge in [-0.3, -0.25) is 5.32 Å². The number of H-pyrrole nitrogens is 1. The van der Waals surface area contributed by atoms with Gasteiger partial charge >= 0.3 is 12.1 Å². The minimum absolute atomic E-state index is 0.0620. The van der Waals surface area contributed by atoms with Gasteiger partial charge in [0.1, 0.15) is 12.4 Å². The van der Waals surface area contributed by atoms with Crippen LogP contribution in [-0.4, -0.2) is 27.1 Å². The van der Waals surface area contributed by atoms with Gasteiger partial charge in [0.15, 0.2) is 11.5 Å². The van der Waals surface area contributed by atoms with Crippen molar-refractivity contribution in [3.8, 4) is 0 Å². The second-order valence-corrected chi connectivity index (χ2v) is 4.04. The van der Waals surface area contributed by atoms with Crippen molar-refractivity contribution in [2.75, 3.05) is 5.32 Å². The van der Waals surface area contributed by atoms with Gasteiger partial charge in [-0.1, -0.05) is 30.3 Å². The van der Waals surface area contributed by atoms with E-state index in [-0.39, 0.29) is 18.1 Å². The standard InChI is InChI=1S/C13H13N3O4/c1-8-14-10(12(17)18)11(15-8)16-13(19)20-7-9-5-3-2-4-6-9/h2-6H,7H2,1H3,(H,14,15)(H,16,19)(H,17,18). The second-order valence-electron chi connectivity index (χ2n) is 4.04. The summed E-state index contributed by atoms with van der Waals surface area (Å²) in [5.74, 6) is -0.877. The molecule has 1 aromatic heterocycles. The molecule has 20 heavy (non-hydrogen) atoms. The van der Waals surface area contributed by atoms with Crippen molar-refractivity contribution in [1.29, 1.82) is 0 Å². The molecule has 1 amide bonds. The third kappa shape index (κ3) is 3.35. The van der Waals surface area contributed by atoms with Gasteiger partial charge in [-0.2, -0.15) is 0 Å². The van der Waals surface area contributed by atoms with E-state index in [2.05, 4.69) is 15.3 Å². The number of nitrogens with zero attached hydrogens (tertiary/aromatic N) is 1. The van der Waals surface area contributed by atoms with Crippen molar-refractivity contribution < 1.29 is 19.4 Å². The predicted octanol–water partition coefficient (Wildman–Crippen LogP) is 2.17. The summed E-state index contributed by atoms with van der Waals surface area (Å²) in [5, 5.41) is 11.2. The Bertz CT molecular complexity index is 622. The van der Waals surface area contributed by atoms with Crippen LogP contribution in [0.2, 0.25) is 0 Å². The predicted molar refractivity (Wildman–Crippen MR) is 70.5 cm³/mol. The smallest absolute Gasteiger partial charge is 0.413 e. The number of hydrogen-bond acceptors (Lipinski definition) is 4. The van der Waals surface area contributed by atoms with Gasteiger partial charge in [-0.15, -0.1) is 0 Å². The van der Waals surface area contributed by atoms with Crippen LogP contribution in [0.5, 0.6) is 0 Å². The monoisotopic (exact) mass is 275 g/mol. The second kappa shape index (κ2) is 5.87. The maximum atomic E-state index is 11.6. The Kier molecular flexibility index (Phi) is 3.99. The molecule has 104 valence electrons. The van der Waals surface area contributed by atoms with E-state index in [1.54, 1.807) is 6.92 Å². The number of aromatic carboxylic acids is 1. The topological polar surface area (TPSA) is 104 Å². The van der Waals surface area contributed by atoms with Crippen LogP contribution in [-0.2, 0) is 11.3 Å². The molecule has 0 saturated heterocycles. The molecule has 7 nitrogen and oxygen atoms in total. The molecule has 0 bridgehead atoms. The Balaban J connectivity index is 1.96. The van der Waals surface area contributed by atoms with Crippen LogP contribution < -0.4 is 5.32 Å². The molecule has 0 saturated carbocycles. The average Bonchev–Trinajstić information content (AvgIpc) is 2.79. The van der Waals surface area contributed by atoms with Gasteiger partial charge < -0.3 is 14.8 Å². The summed E-state index contributed by atoms with van der Waals surface area (Å²) in [6.45, 7) is 1.69. The van der Waals surface area contributed by atoms with Gasteiger partial charge in [-0.05, 0) is 12.5 Å². The number of aromatic nitrogens is 2. The molecule has 3 N–H and O–H groups in total. The van der Waals surface area contributed by atoms with E-state index in [4.69, 9.17) is 9.84 Å². The Morgan fingerprint density at radius 3 is 2.70 bits per heavy atom. The summed E-state index contributed by atoms with van der Waals surface area (Å²) in [6.07, 6.45) is -0.761. The summed E-state index contributed by atoms with van der Waals surface area (Å²) >= 11 is 0. The van der Waals surface area contributed by atoms with Crippen molar-refractivity contribution >= 4 is 17.9 Å². The fraction of sp³-hybridized carbons (Fsp3) is 0.154. The number of aryl methyl sites for hydroxylation is 1. The maximum absolute atomic E-state index is 11.6. The third-order valence-corrected chi connectivity index (χ3v) is 2.47. The van der Waals surface area contributed by atoms with Crippen LogP contribution in [0.3, 0.4) is 0 Å². The van der Waals surface area contributed by atoms with E-state index in [1.807, 2.05) is 30.3 Å². The zero-order valence-corrected chi connectivity index (χ0v) is 10.7. The van der Waals surface area contributed by atoms with Gasteiger partial charge in [-0.25, -0.2) is 14.6 Å². The summed E-state index contributed by atoms with van der Waals surface area (Å²) < 4.78 is 4.98. The van der Waals surface area contributed by atoms with Crippen LogP contribution in [0.25, 0.3) is 0 Å². The number of rotatable bonds is 4. The first-order valence-electron chi connectivity index (χ1n) is 5.84. The van der Waals surface area contributed by atoms with Gasteiger partial charge in [0, 0.05) is 0 Å². The van der Waals surface area contributed by atoms with Crippen molar-refractivity contribution in [1.82, 2.24) is 9.97 Å². The SMILES string of the molecule is Cc1nc(NC(=O)OCc2ccccc2)c(C(=O)O)[nH]1. The van der Waals surface area contributed by atoms with Crippen molar-refractivity contribution in [2.24, 2.45) is 0 Å². The third-order valence-electron chi connectivity index (χ3n) is 2.47. The van der Waals surface area contributed by atoms with Crippen LogP contribution in [0.4, 0.5) is 10.6 Å². The number of carboxylic acid groups (broad SMARTS) is 1. The number of benzene rings is 1.